The summed E-state index contributed by atoms with van der Waals surface area (Å²) in [5.41, 5.74) is 7.19. The molecular weight excluding hydrogens is 289 g/mol. The van der Waals surface area contributed by atoms with E-state index < -0.39 is 0 Å². The summed E-state index contributed by atoms with van der Waals surface area (Å²) in [6.45, 7) is 6.16. The first-order valence-electron chi connectivity index (χ1n) is 6.73. The van der Waals surface area contributed by atoms with Crippen LogP contribution in [0.1, 0.15) is 40.8 Å². The molecule has 0 aliphatic rings. The van der Waals surface area contributed by atoms with E-state index in [0.717, 1.165) is 5.56 Å². The third kappa shape index (κ3) is 3.21. The summed E-state index contributed by atoms with van der Waals surface area (Å²) in [5.74, 6) is -0.382. The number of halogens is 1. The smallest absolute Gasteiger partial charge is 0.266 e. The van der Waals surface area contributed by atoms with Crippen molar-refractivity contribution in [3.05, 3.63) is 46.2 Å². The van der Waals surface area contributed by atoms with Crippen molar-refractivity contribution in [3.63, 3.8) is 0 Å². The SMILES string of the molecule is CCN(C(=O)c1sc(N)nc1C)C(C)c1ccc(F)cc1. The zero-order valence-electron chi connectivity index (χ0n) is 12.3. The van der Waals surface area contributed by atoms with Gasteiger partial charge >= 0.3 is 0 Å². The number of carbonyl (C=O) groups excluding carboxylic acids is 1. The van der Waals surface area contributed by atoms with E-state index in [2.05, 4.69) is 4.98 Å². The van der Waals surface area contributed by atoms with Crippen molar-refractivity contribution in [1.29, 1.82) is 0 Å². The fourth-order valence-electron chi connectivity index (χ4n) is 2.26. The van der Waals surface area contributed by atoms with Gasteiger partial charge in [0.2, 0.25) is 0 Å². The van der Waals surface area contributed by atoms with Crippen LogP contribution >= 0.6 is 11.3 Å². The molecule has 1 aromatic heterocycles. The molecule has 1 aromatic carbocycles. The highest BCUT2D eigenvalue weighted by Crippen LogP contribution is 2.27. The van der Waals surface area contributed by atoms with Gasteiger partial charge < -0.3 is 10.6 Å². The van der Waals surface area contributed by atoms with Gasteiger partial charge in [-0.3, -0.25) is 4.79 Å². The van der Waals surface area contributed by atoms with Crippen molar-refractivity contribution in [2.75, 3.05) is 12.3 Å². The van der Waals surface area contributed by atoms with Crippen LogP contribution < -0.4 is 5.73 Å². The predicted molar refractivity (Wildman–Crippen MR) is 82.8 cm³/mol. The molecule has 2 aromatic rings. The molecule has 1 amide bonds. The maximum absolute atomic E-state index is 13.0. The van der Waals surface area contributed by atoms with E-state index in [9.17, 15) is 9.18 Å². The van der Waals surface area contributed by atoms with Crippen molar-refractivity contribution >= 4 is 22.4 Å². The van der Waals surface area contributed by atoms with Gasteiger partial charge in [0.05, 0.1) is 11.7 Å². The number of amides is 1. The van der Waals surface area contributed by atoms with E-state index in [4.69, 9.17) is 5.73 Å². The summed E-state index contributed by atoms with van der Waals surface area (Å²) in [7, 11) is 0. The molecule has 1 heterocycles. The Labute approximate surface area is 127 Å². The number of nitrogen functional groups attached to an aromatic ring is 1. The van der Waals surface area contributed by atoms with Crippen molar-refractivity contribution in [1.82, 2.24) is 9.88 Å². The molecule has 6 heteroatoms. The van der Waals surface area contributed by atoms with Gasteiger partial charge in [0.15, 0.2) is 5.13 Å². The van der Waals surface area contributed by atoms with Crippen LogP contribution in [-0.2, 0) is 0 Å². The molecule has 4 nitrogen and oxygen atoms in total. The third-order valence-electron chi connectivity index (χ3n) is 3.43. The number of aryl methyl sites for hydroxylation is 1. The molecule has 21 heavy (non-hydrogen) atoms. The first-order valence-corrected chi connectivity index (χ1v) is 7.55. The first-order chi connectivity index (χ1) is 9.93. The Morgan fingerprint density at radius 3 is 2.52 bits per heavy atom. The normalized spacial score (nSPS) is 12.2. The average molecular weight is 307 g/mol. The number of anilines is 1. The second-order valence-corrected chi connectivity index (χ2v) is 5.82. The number of hydrogen-bond donors (Lipinski definition) is 1. The Balaban J connectivity index is 2.28. The lowest BCUT2D eigenvalue weighted by atomic mass is 10.1. The Morgan fingerprint density at radius 2 is 2.05 bits per heavy atom. The molecule has 2 N–H and O–H groups in total. The molecule has 0 bridgehead atoms. The molecule has 2 rings (SSSR count). The van der Waals surface area contributed by atoms with Crippen LogP contribution in [0.25, 0.3) is 0 Å². The zero-order valence-corrected chi connectivity index (χ0v) is 13.1. The summed E-state index contributed by atoms with van der Waals surface area (Å²) in [6.07, 6.45) is 0. The van der Waals surface area contributed by atoms with E-state index in [-0.39, 0.29) is 17.8 Å². The van der Waals surface area contributed by atoms with Gasteiger partial charge in [-0.05, 0) is 38.5 Å². The molecule has 0 saturated heterocycles. The lowest BCUT2D eigenvalue weighted by Crippen LogP contribution is -2.33. The molecule has 0 saturated carbocycles. The van der Waals surface area contributed by atoms with Crippen LogP contribution in [0.15, 0.2) is 24.3 Å². The van der Waals surface area contributed by atoms with Crippen LogP contribution in [0.2, 0.25) is 0 Å². The standard InChI is InChI=1S/C15H18FN3OS/c1-4-19(10(3)11-5-7-12(16)8-6-11)14(20)13-9(2)18-15(17)21-13/h5-8,10H,4H2,1-3H3,(H2,17,18). The Morgan fingerprint density at radius 1 is 1.43 bits per heavy atom. The molecule has 1 unspecified atom stereocenters. The minimum absolute atomic E-state index is 0.0963. The second-order valence-electron chi connectivity index (χ2n) is 4.79. The highest BCUT2D eigenvalue weighted by atomic mass is 32.1. The number of benzene rings is 1. The number of aromatic nitrogens is 1. The van der Waals surface area contributed by atoms with Crippen molar-refractivity contribution < 1.29 is 9.18 Å². The molecule has 0 aliphatic heterocycles. The summed E-state index contributed by atoms with van der Waals surface area (Å²) in [5, 5.41) is 0.390. The fraction of sp³-hybridized carbons (Fsp3) is 0.333. The average Bonchev–Trinajstić information content (AvgIpc) is 2.79. The maximum atomic E-state index is 13.0. The van der Waals surface area contributed by atoms with Crippen molar-refractivity contribution in [2.45, 2.75) is 26.8 Å². The van der Waals surface area contributed by atoms with Gasteiger partial charge in [0.1, 0.15) is 10.7 Å². The summed E-state index contributed by atoms with van der Waals surface area (Å²) < 4.78 is 13.0. The van der Waals surface area contributed by atoms with Crippen LogP contribution in [0.4, 0.5) is 9.52 Å². The van der Waals surface area contributed by atoms with E-state index in [1.807, 2.05) is 13.8 Å². The molecule has 0 spiro atoms. The number of carbonyl (C=O) groups is 1. The monoisotopic (exact) mass is 307 g/mol. The number of thiazole rings is 1. The fourth-order valence-corrected chi connectivity index (χ4v) is 3.05. The molecule has 112 valence electrons. The minimum atomic E-state index is -0.286. The Bertz CT molecular complexity index is 639. The van der Waals surface area contributed by atoms with Crippen molar-refractivity contribution in [2.24, 2.45) is 0 Å². The summed E-state index contributed by atoms with van der Waals surface area (Å²) in [4.78, 5) is 19.0. The van der Waals surface area contributed by atoms with Crippen LogP contribution in [0, 0.1) is 12.7 Å². The van der Waals surface area contributed by atoms with Crippen LogP contribution in [0.3, 0.4) is 0 Å². The van der Waals surface area contributed by atoms with E-state index in [1.54, 1.807) is 24.0 Å². The molecule has 0 radical (unpaired) electrons. The number of hydrogen-bond acceptors (Lipinski definition) is 4. The highest BCUT2D eigenvalue weighted by molar-refractivity contribution is 7.17. The molecule has 0 aliphatic carbocycles. The topological polar surface area (TPSA) is 59.2 Å². The lowest BCUT2D eigenvalue weighted by Gasteiger charge is -2.28. The zero-order chi connectivity index (χ0) is 15.6. The number of rotatable bonds is 4. The molecular formula is C15H18FN3OS. The van der Waals surface area contributed by atoms with Gasteiger partial charge in [-0.2, -0.15) is 0 Å². The van der Waals surface area contributed by atoms with Gasteiger partial charge in [0.25, 0.3) is 5.91 Å². The highest BCUT2D eigenvalue weighted by Gasteiger charge is 2.24. The largest absolute Gasteiger partial charge is 0.375 e. The number of nitrogens with zero attached hydrogens (tertiary/aromatic N) is 2. The number of nitrogens with two attached hydrogens (primary N) is 1. The summed E-state index contributed by atoms with van der Waals surface area (Å²) in [6, 6.07) is 6.05. The van der Waals surface area contributed by atoms with Gasteiger partial charge in [0, 0.05) is 6.54 Å². The third-order valence-corrected chi connectivity index (χ3v) is 4.40. The van der Waals surface area contributed by atoms with Crippen molar-refractivity contribution in [3.8, 4) is 0 Å². The van der Waals surface area contributed by atoms with Gasteiger partial charge in [-0.1, -0.05) is 23.5 Å². The minimum Gasteiger partial charge on any atom is -0.375 e. The van der Waals surface area contributed by atoms with Gasteiger partial charge in [-0.15, -0.1) is 0 Å². The van der Waals surface area contributed by atoms with E-state index in [1.165, 1.54) is 23.5 Å². The van der Waals surface area contributed by atoms with E-state index in [0.29, 0.717) is 22.2 Å². The molecule has 1 atom stereocenters. The second kappa shape index (κ2) is 6.22. The van der Waals surface area contributed by atoms with E-state index >= 15 is 0 Å². The quantitative estimate of drug-likeness (QED) is 0.942. The van der Waals surface area contributed by atoms with Gasteiger partial charge in [-0.25, -0.2) is 9.37 Å². The lowest BCUT2D eigenvalue weighted by molar-refractivity contribution is 0.0706. The van der Waals surface area contributed by atoms with Crippen LogP contribution in [0.5, 0.6) is 0 Å². The maximum Gasteiger partial charge on any atom is 0.266 e. The Hall–Kier alpha value is -1.95. The summed E-state index contributed by atoms with van der Waals surface area (Å²) >= 11 is 1.20. The Kier molecular flexibility index (Phi) is 4.57. The molecule has 0 fully saturated rings. The van der Waals surface area contributed by atoms with Crippen LogP contribution in [-0.4, -0.2) is 22.3 Å². The first kappa shape index (κ1) is 15.4. The predicted octanol–water partition coefficient (Wildman–Crippen LogP) is 3.40.